The Bertz CT molecular complexity index is 872. The number of ether oxygens (including phenoxy) is 2. The van der Waals surface area contributed by atoms with Gasteiger partial charge < -0.3 is 9.47 Å². The molecule has 0 heterocycles. The zero-order chi connectivity index (χ0) is 19.5. The van der Waals surface area contributed by atoms with Crippen molar-refractivity contribution in [1.29, 1.82) is 0 Å². The molecule has 0 atom stereocenters. The maximum absolute atomic E-state index is 11.3. The first-order valence-corrected chi connectivity index (χ1v) is 10.8. The molecule has 0 bridgehead atoms. The zero-order valence-electron chi connectivity index (χ0n) is 15.6. The molecule has 142 valence electrons. The SMILES string of the molecule is COc1c(COc2ccc(NS(C)(=O)=O)cc2)cc(Br)cc1C(C)(C)C. The van der Waals surface area contributed by atoms with E-state index in [9.17, 15) is 8.42 Å². The Labute approximate surface area is 163 Å². The summed E-state index contributed by atoms with van der Waals surface area (Å²) in [7, 11) is -1.63. The van der Waals surface area contributed by atoms with Crippen molar-refractivity contribution < 1.29 is 17.9 Å². The number of methoxy groups -OCH3 is 1. The molecule has 26 heavy (non-hydrogen) atoms. The Kier molecular flexibility index (Phi) is 6.24. The van der Waals surface area contributed by atoms with Crippen LogP contribution in [0.25, 0.3) is 0 Å². The maximum Gasteiger partial charge on any atom is 0.229 e. The third-order valence-corrected chi connectivity index (χ3v) is 4.76. The lowest BCUT2D eigenvalue weighted by molar-refractivity contribution is 0.294. The first-order valence-electron chi connectivity index (χ1n) is 8.07. The van der Waals surface area contributed by atoms with Gasteiger partial charge in [-0.15, -0.1) is 0 Å². The number of nitrogens with one attached hydrogen (secondary N) is 1. The normalized spacial score (nSPS) is 11.9. The van der Waals surface area contributed by atoms with E-state index in [4.69, 9.17) is 9.47 Å². The van der Waals surface area contributed by atoms with Gasteiger partial charge in [-0.05, 0) is 41.8 Å². The van der Waals surface area contributed by atoms with E-state index in [-0.39, 0.29) is 5.41 Å². The Balaban J connectivity index is 2.20. The third kappa shape index (κ3) is 5.64. The van der Waals surface area contributed by atoms with Gasteiger partial charge in [0.2, 0.25) is 10.0 Å². The highest BCUT2D eigenvalue weighted by Gasteiger charge is 2.22. The highest BCUT2D eigenvalue weighted by molar-refractivity contribution is 9.10. The fourth-order valence-corrected chi connectivity index (χ4v) is 3.62. The van der Waals surface area contributed by atoms with Crippen LogP contribution in [0.4, 0.5) is 5.69 Å². The van der Waals surface area contributed by atoms with Crippen molar-refractivity contribution in [2.75, 3.05) is 18.1 Å². The van der Waals surface area contributed by atoms with Crippen molar-refractivity contribution in [1.82, 2.24) is 0 Å². The number of anilines is 1. The summed E-state index contributed by atoms with van der Waals surface area (Å²) in [4.78, 5) is 0. The molecule has 1 N–H and O–H groups in total. The number of rotatable bonds is 6. The predicted octanol–water partition coefficient (Wildman–Crippen LogP) is 4.71. The van der Waals surface area contributed by atoms with E-state index >= 15 is 0 Å². The second kappa shape index (κ2) is 7.88. The standard InChI is InChI=1S/C19H24BrNO4S/c1-19(2,3)17-11-14(20)10-13(18(17)24-4)12-25-16-8-6-15(7-9-16)21-26(5,22)23/h6-11,21H,12H2,1-5H3. The minimum atomic E-state index is -3.29. The van der Waals surface area contributed by atoms with Gasteiger partial charge in [-0.3, -0.25) is 4.72 Å². The topological polar surface area (TPSA) is 64.6 Å². The molecular weight excluding hydrogens is 418 g/mol. The Hall–Kier alpha value is -1.73. The highest BCUT2D eigenvalue weighted by atomic mass is 79.9. The van der Waals surface area contributed by atoms with Crippen LogP contribution in [0.5, 0.6) is 11.5 Å². The molecule has 7 heteroatoms. The van der Waals surface area contributed by atoms with Gasteiger partial charge in [0, 0.05) is 21.3 Å². The van der Waals surface area contributed by atoms with E-state index in [1.807, 2.05) is 6.07 Å². The largest absolute Gasteiger partial charge is 0.496 e. The van der Waals surface area contributed by atoms with Crippen LogP contribution in [-0.4, -0.2) is 21.8 Å². The van der Waals surface area contributed by atoms with E-state index in [0.717, 1.165) is 27.6 Å². The van der Waals surface area contributed by atoms with Gasteiger partial charge in [-0.1, -0.05) is 36.7 Å². The first-order chi connectivity index (χ1) is 12.0. The van der Waals surface area contributed by atoms with Gasteiger partial charge >= 0.3 is 0 Å². The minimum Gasteiger partial charge on any atom is -0.496 e. The Morgan fingerprint density at radius 2 is 1.73 bits per heavy atom. The number of hydrogen-bond acceptors (Lipinski definition) is 4. The number of sulfonamides is 1. The molecule has 0 aliphatic rings. The van der Waals surface area contributed by atoms with E-state index in [2.05, 4.69) is 47.5 Å². The Morgan fingerprint density at radius 3 is 2.23 bits per heavy atom. The van der Waals surface area contributed by atoms with E-state index in [0.29, 0.717) is 18.0 Å². The van der Waals surface area contributed by atoms with Crippen LogP contribution in [0.1, 0.15) is 31.9 Å². The van der Waals surface area contributed by atoms with E-state index in [1.54, 1.807) is 31.4 Å². The van der Waals surface area contributed by atoms with Gasteiger partial charge in [0.15, 0.2) is 0 Å². The maximum atomic E-state index is 11.3. The molecule has 2 rings (SSSR count). The summed E-state index contributed by atoms with van der Waals surface area (Å²) in [5, 5.41) is 0. The molecule has 0 unspecified atom stereocenters. The Morgan fingerprint density at radius 1 is 1.12 bits per heavy atom. The quantitative estimate of drug-likeness (QED) is 0.704. The molecule has 2 aromatic carbocycles. The van der Waals surface area contributed by atoms with E-state index < -0.39 is 10.0 Å². The molecular formula is C19H24BrNO4S. The molecule has 0 aliphatic carbocycles. The molecule has 0 radical (unpaired) electrons. The van der Waals surface area contributed by atoms with Crippen molar-refractivity contribution in [3.8, 4) is 11.5 Å². The summed E-state index contributed by atoms with van der Waals surface area (Å²) in [5.41, 5.74) is 2.46. The summed E-state index contributed by atoms with van der Waals surface area (Å²) in [6, 6.07) is 10.8. The minimum absolute atomic E-state index is 0.0666. The number of halogens is 1. The van der Waals surface area contributed by atoms with Gasteiger partial charge in [-0.2, -0.15) is 0 Å². The van der Waals surface area contributed by atoms with Gasteiger partial charge in [-0.25, -0.2) is 8.42 Å². The highest BCUT2D eigenvalue weighted by Crippen LogP contribution is 2.37. The molecule has 0 amide bonds. The zero-order valence-corrected chi connectivity index (χ0v) is 18.0. The van der Waals surface area contributed by atoms with Gasteiger partial charge in [0.05, 0.1) is 13.4 Å². The fourth-order valence-electron chi connectivity index (χ4n) is 2.55. The average Bonchev–Trinajstić information content (AvgIpc) is 2.51. The first kappa shape index (κ1) is 20.6. The van der Waals surface area contributed by atoms with Crippen LogP contribution in [0, 0.1) is 0 Å². The van der Waals surface area contributed by atoms with Crippen LogP contribution >= 0.6 is 15.9 Å². The predicted molar refractivity (Wildman–Crippen MR) is 109 cm³/mol. The molecule has 0 spiro atoms. The summed E-state index contributed by atoms with van der Waals surface area (Å²) in [5.74, 6) is 1.46. The monoisotopic (exact) mass is 441 g/mol. The van der Waals surface area contributed by atoms with Crippen LogP contribution in [0.3, 0.4) is 0 Å². The van der Waals surface area contributed by atoms with Gasteiger partial charge in [0.1, 0.15) is 18.1 Å². The molecule has 5 nitrogen and oxygen atoms in total. The lowest BCUT2D eigenvalue weighted by Gasteiger charge is -2.24. The van der Waals surface area contributed by atoms with Crippen molar-refractivity contribution in [2.45, 2.75) is 32.8 Å². The van der Waals surface area contributed by atoms with Crippen molar-refractivity contribution in [3.63, 3.8) is 0 Å². The second-order valence-corrected chi connectivity index (χ2v) is 9.75. The van der Waals surface area contributed by atoms with Crippen LogP contribution in [0.15, 0.2) is 40.9 Å². The van der Waals surface area contributed by atoms with Crippen molar-refractivity contribution >= 4 is 31.6 Å². The van der Waals surface area contributed by atoms with Gasteiger partial charge in [0.25, 0.3) is 0 Å². The summed E-state index contributed by atoms with van der Waals surface area (Å²) in [6.45, 7) is 6.74. The third-order valence-electron chi connectivity index (χ3n) is 3.69. The summed E-state index contributed by atoms with van der Waals surface area (Å²) < 4.78 is 37.4. The summed E-state index contributed by atoms with van der Waals surface area (Å²) >= 11 is 3.56. The van der Waals surface area contributed by atoms with Crippen LogP contribution in [0.2, 0.25) is 0 Å². The summed E-state index contributed by atoms with van der Waals surface area (Å²) in [6.07, 6.45) is 1.11. The lowest BCUT2D eigenvalue weighted by Crippen LogP contribution is -2.14. The fraction of sp³-hybridized carbons (Fsp3) is 0.368. The van der Waals surface area contributed by atoms with E-state index in [1.165, 1.54) is 0 Å². The molecule has 2 aromatic rings. The molecule has 0 saturated heterocycles. The molecule has 0 saturated carbocycles. The second-order valence-electron chi connectivity index (χ2n) is 7.08. The smallest absolute Gasteiger partial charge is 0.229 e. The average molecular weight is 442 g/mol. The van der Waals surface area contributed by atoms with Crippen molar-refractivity contribution in [2.24, 2.45) is 0 Å². The molecule has 0 aromatic heterocycles. The number of hydrogen-bond donors (Lipinski definition) is 1. The van der Waals surface area contributed by atoms with Crippen molar-refractivity contribution in [3.05, 3.63) is 52.0 Å². The molecule has 0 aliphatic heterocycles. The number of benzene rings is 2. The molecule has 0 fully saturated rings. The van der Waals surface area contributed by atoms with Crippen LogP contribution in [-0.2, 0) is 22.0 Å². The lowest BCUT2D eigenvalue weighted by atomic mass is 9.85. The van der Waals surface area contributed by atoms with Crippen LogP contribution < -0.4 is 14.2 Å².